The summed E-state index contributed by atoms with van der Waals surface area (Å²) in [4.78, 5) is 9.15. The maximum atomic E-state index is 6.08. The van der Waals surface area contributed by atoms with Gasteiger partial charge in [-0.05, 0) is 31.2 Å². The average Bonchev–Trinajstić information content (AvgIpc) is 2.46. The third kappa shape index (κ3) is 2.82. The topological polar surface area (TPSA) is 51.8 Å². The molecule has 1 atom stereocenters. The molecule has 0 aliphatic heterocycles. The third-order valence-electron chi connectivity index (χ3n) is 3.76. The molecule has 0 fully saturated rings. The van der Waals surface area contributed by atoms with Gasteiger partial charge in [0.05, 0.1) is 0 Å². The number of aryl methyl sites for hydroxylation is 3. The second kappa shape index (κ2) is 5.49. The van der Waals surface area contributed by atoms with Crippen molar-refractivity contribution in [2.45, 2.75) is 38.1 Å². The van der Waals surface area contributed by atoms with Gasteiger partial charge in [0.15, 0.2) is 0 Å². The summed E-state index contributed by atoms with van der Waals surface area (Å²) >= 11 is 0. The predicted molar refractivity (Wildman–Crippen MR) is 75.7 cm³/mol. The van der Waals surface area contributed by atoms with Crippen molar-refractivity contribution in [3.8, 4) is 0 Å². The Bertz CT molecular complexity index is 551. The lowest BCUT2D eigenvalue weighted by Gasteiger charge is -2.21. The zero-order valence-electron chi connectivity index (χ0n) is 11.0. The highest BCUT2D eigenvalue weighted by Gasteiger charge is 2.18. The van der Waals surface area contributed by atoms with Crippen LogP contribution in [0.2, 0.25) is 0 Å². The summed E-state index contributed by atoms with van der Waals surface area (Å²) in [7, 11) is 0. The summed E-state index contributed by atoms with van der Waals surface area (Å²) in [6.07, 6.45) is 7.07. The van der Waals surface area contributed by atoms with E-state index in [1.807, 2.05) is 12.3 Å². The van der Waals surface area contributed by atoms with Crippen LogP contribution in [0.4, 0.5) is 0 Å². The Hall–Kier alpha value is -1.74. The van der Waals surface area contributed by atoms with Gasteiger partial charge in [-0.25, -0.2) is 9.97 Å². The molecule has 0 radical (unpaired) electrons. The third-order valence-corrected chi connectivity index (χ3v) is 3.76. The van der Waals surface area contributed by atoms with Crippen molar-refractivity contribution in [3.05, 3.63) is 59.2 Å². The number of hydrogen-bond acceptors (Lipinski definition) is 3. The van der Waals surface area contributed by atoms with Gasteiger partial charge in [0.1, 0.15) is 5.82 Å². The molecule has 0 saturated heterocycles. The van der Waals surface area contributed by atoms with E-state index in [-0.39, 0.29) is 6.04 Å². The van der Waals surface area contributed by atoms with Crippen LogP contribution in [0.5, 0.6) is 0 Å². The van der Waals surface area contributed by atoms with Gasteiger partial charge in [-0.15, -0.1) is 0 Å². The molecule has 1 unspecified atom stereocenters. The number of aromatic nitrogens is 2. The largest absolute Gasteiger partial charge is 0.324 e. The normalized spacial score (nSPS) is 18.1. The van der Waals surface area contributed by atoms with Crippen molar-refractivity contribution in [1.29, 1.82) is 0 Å². The first-order valence-corrected chi connectivity index (χ1v) is 6.97. The summed E-state index contributed by atoms with van der Waals surface area (Å²) in [5, 5.41) is 0. The van der Waals surface area contributed by atoms with E-state index in [2.05, 4.69) is 34.2 Å². The molecule has 0 saturated carbocycles. The highest BCUT2D eigenvalue weighted by molar-refractivity contribution is 5.24. The van der Waals surface area contributed by atoms with Crippen LogP contribution in [0.3, 0.4) is 0 Å². The summed E-state index contributed by atoms with van der Waals surface area (Å²) in [6.45, 7) is 0. The van der Waals surface area contributed by atoms with E-state index in [0.29, 0.717) is 0 Å². The number of nitrogens with two attached hydrogens (primary N) is 1. The molecule has 1 heterocycles. The second-order valence-electron chi connectivity index (χ2n) is 5.17. The molecule has 0 amide bonds. The Morgan fingerprint density at radius 1 is 1.16 bits per heavy atom. The Kier molecular flexibility index (Phi) is 3.56. The SMILES string of the molecule is NC1CCCc2nc(CCc3ccccc3)ncc21. The van der Waals surface area contributed by atoms with E-state index in [1.165, 1.54) is 5.56 Å². The van der Waals surface area contributed by atoms with E-state index in [4.69, 9.17) is 5.73 Å². The van der Waals surface area contributed by atoms with Crippen LogP contribution in [0.15, 0.2) is 36.5 Å². The number of nitrogens with zero attached hydrogens (tertiary/aromatic N) is 2. The quantitative estimate of drug-likeness (QED) is 0.914. The second-order valence-corrected chi connectivity index (χ2v) is 5.17. The van der Waals surface area contributed by atoms with Gasteiger partial charge in [0, 0.05) is 29.9 Å². The van der Waals surface area contributed by atoms with Gasteiger partial charge >= 0.3 is 0 Å². The van der Waals surface area contributed by atoms with Crippen LogP contribution in [0, 0.1) is 0 Å². The minimum Gasteiger partial charge on any atom is -0.324 e. The molecular weight excluding hydrogens is 234 g/mol. The fraction of sp³-hybridized carbons (Fsp3) is 0.375. The first kappa shape index (κ1) is 12.3. The summed E-state index contributed by atoms with van der Waals surface area (Å²) in [5.74, 6) is 0.941. The van der Waals surface area contributed by atoms with Gasteiger partial charge in [0.25, 0.3) is 0 Å². The highest BCUT2D eigenvalue weighted by atomic mass is 14.9. The number of fused-ring (bicyclic) bond motifs is 1. The molecule has 98 valence electrons. The van der Waals surface area contributed by atoms with Gasteiger partial charge in [-0.2, -0.15) is 0 Å². The maximum absolute atomic E-state index is 6.08. The lowest BCUT2D eigenvalue weighted by molar-refractivity contribution is 0.552. The molecule has 3 nitrogen and oxygen atoms in total. The van der Waals surface area contributed by atoms with E-state index in [0.717, 1.165) is 49.2 Å². The molecule has 2 aromatic rings. The van der Waals surface area contributed by atoms with Crippen LogP contribution in [-0.4, -0.2) is 9.97 Å². The van der Waals surface area contributed by atoms with Gasteiger partial charge < -0.3 is 5.73 Å². The Morgan fingerprint density at radius 2 is 2.00 bits per heavy atom. The van der Waals surface area contributed by atoms with Crippen molar-refractivity contribution < 1.29 is 0 Å². The minimum atomic E-state index is 0.131. The molecule has 1 aliphatic carbocycles. The van der Waals surface area contributed by atoms with Crippen molar-refractivity contribution >= 4 is 0 Å². The molecule has 3 heteroatoms. The Morgan fingerprint density at radius 3 is 2.84 bits per heavy atom. The molecule has 2 N–H and O–H groups in total. The number of benzene rings is 1. The molecule has 0 bridgehead atoms. The first-order chi connectivity index (χ1) is 9.33. The maximum Gasteiger partial charge on any atom is 0.128 e. The van der Waals surface area contributed by atoms with Gasteiger partial charge in [-0.1, -0.05) is 30.3 Å². The molecule has 3 rings (SSSR count). The number of hydrogen-bond donors (Lipinski definition) is 1. The smallest absolute Gasteiger partial charge is 0.128 e. The van der Waals surface area contributed by atoms with Crippen LogP contribution in [0.1, 0.15) is 41.5 Å². The van der Waals surface area contributed by atoms with Gasteiger partial charge in [0.2, 0.25) is 0 Å². The molecule has 1 aromatic carbocycles. The summed E-state index contributed by atoms with van der Waals surface area (Å²) < 4.78 is 0. The van der Waals surface area contributed by atoms with E-state index < -0.39 is 0 Å². The highest BCUT2D eigenvalue weighted by Crippen LogP contribution is 2.25. The molecular formula is C16H19N3. The van der Waals surface area contributed by atoms with Crippen LogP contribution < -0.4 is 5.73 Å². The van der Waals surface area contributed by atoms with Crippen molar-refractivity contribution in [2.24, 2.45) is 5.73 Å². The lowest BCUT2D eigenvalue weighted by atomic mass is 9.93. The molecule has 0 spiro atoms. The zero-order chi connectivity index (χ0) is 13.1. The summed E-state index contributed by atoms with van der Waals surface area (Å²) in [6, 6.07) is 10.6. The van der Waals surface area contributed by atoms with Crippen molar-refractivity contribution in [1.82, 2.24) is 9.97 Å². The molecule has 19 heavy (non-hydrogen) atoms. The van der Waals surface area contributed by atoms with Gasteiger partial charge in [-0.3, -0.25) is 0 Å². The van der Waals surface area contributed by atoms with Crippen molar-refractivity contribution in [2.75, 3.05) is 0 Å². The molecule has 1 aromatic heterocycles. The van der Waals surface area contributed by atoms with Crippen molar-refractivity contribution in [3.63, 3.8) is 0 Å². The fourth-order valence-electron chi connectivity index (χ4n) is 2.64. The average molecular weight is 253 g/mol. The van der Waals surface area contributed by atoms with E-state index >= 15 is 0 Å². The van der Waals surface area contributed by atoms with Crippen LogP contribution in [0.25, 0.3) is 0 Å². The summed E-state index contributed by atoms with van der Waals surface area (Å²) in [5.41, 5.74) is 9.73. The minimum absolute atomic E-state index is 0.131. The van der Waals surface area contributed by atoms with Crippen LogP contribution >= 0.6 is 0 Å². The predicted octanol–water partition coefficient (Wildman–Crippen LogP) is 2.60. The Balaban J connectivity index is 1.72. The van der Waals surface area contributed by atoms with Crippen LogP contribution in [-0.2, 0) is 19.3 Å². The lowest BCUT2D eigenvalue weighted by Crippen LogP contribution is -2.19. The zero-order valence-corrected chi connectivity index (χ0v) is 11.0. The molecule has 1 aliphatic rings. The fourth-order valence-corrected chi connectivity index (χ4v) is 2.64. The number of rotatable bonds is 3. The van der Waals surface area contributed by atoms with E-state index in [9.17, 15) is 0 Å². The standard InChI is InChI=1S/C16H19N3/c17-14-7-4-8-15-13(14)11-18-16(19-15)10-9-12-5-2-1-3-6-12/h1-3,5-6,11,14H,4,7-10,17H2. The first-order valence-electron chi connectivity index (χ1n) is 6.97. The van der Waals surface area contributed by atoms with E-state index in [1.54, 1.807) is 0 Å². The Labute approximate surface area is 113 Å². The monoisotopic (exact) mass is 253 g/mol.